The number of nitrogens with zero attached hydrogens (tertiary/aromatic N) is 1. The quantitative estimate of drug-likeness (QED) is 0.535. The number of rotatable bonds is 4. The molecule has 0 unspecified atom stereocenters. The first-order chi connectivity index (χ1) is 13.2. The molecule has 2 aromatic carbocycles. The maximum absolute atomic E-state index is 12.9. The molecule has 27 heavy (non-hydrogen) atoms. The third-order valence-corrected chi connectivity index (χ3v) is 4.38. The molecule has 4 aromatic rings. The van der Waals surface area contributed by atoms with Crippen LogP contribution in [-0.4, -0.2) is 19.2 Å². The first-order valence-corrected chi connectivity index (χ1v) is 8.41. The second-order valence-corrected chi connectivity index (χ2v) is 5.94. The number of hydrogen-bond donors (Lipinski definition) is 0. The van der Waals surface area contributed by atoms with Crippen molar-refractivity contribution >= 4 is 11.0 Å². The molecule has 0 atom stereocenters. The minimum absolute atomic E-state index is 0.181. The highest BCUT2D eigenvalue weighted by atomic mass is 16.5. The van der Waals surface area contributed by atoms with Crippen molar-refractivity contribution in [1.29, 1.82) is 0 Å². The van der Waals surface area contributed by atoms with Crippen LogP contribution in [0.15, 0.2) is 76.2 Å². The minimum atomic E-state index is -0.181. The van der Waals surface area contributed by atoms with Gasteiger partial charge in [0.05, 0.1) is 19.8 Å². The largest absolute Gasteiger partial charge is 0.496 e. The molecule has 134 valence electrons. The Morgan fingerprint density at radius 3 is 2.30 bits per heavy atom. The van der Waals surface area contributed by atoms with E-state index < -0.39 is 0 Å². The van der Waals surface area contributed by atoms with Gasteiger partial charge in [-0.25, -0.2) is 0 Å². The Morgan fingerprint density at radius 1 is 0.889 bits per heavy atom. The Morgan fingerprint density at radius 2 is 1.63 bits per heavy atom. The lowest BCUT2D eigenvalue weighted by Crippen LogP contribution is -2.05. The van der Waals surface area contributed by atoms with Crippen LogP contribution in [0.25, 0.3) is 33.4 Å². The summed E-state index contributed by atoms with van der Waals surface area (Å²) in [4.78, 5) is 17.1. The van der Waals surface area contributed by atoms with Gasteiger partial charge in [-0.2, -0.15) is 0 Å². The molecule has 4 rings (SSSR count). The van der Waals surface area contributed by atoms with Crippen molar-refractivity contribution in [3.05, 3.63) is 77.2 Å². The molecule has 2 heterocycles. The van der Waals surface area contributed by atoms with Gasteiger partial charge in [0.25, 0.3) is 0 Å². The van der Waals surface area contributed by atoms with Crippen molar-refractivity contribution in [2.24, 2.45) is 0 Å². The van der Waals surface area contributed by atoms with Gasteiger partial charge >= 0.3 is 0 Å². The molecule has 0 aliphatic carbocycles. The van der Waals surface area contributed by atoms with Gasteiger partial charge in [-0.1, -0.05) is 36.4 Å². The zero-order chi connectivity index (χ0) is 18.8. The Labute approximate surface area is 155 Å². The zero-order valence-corrected chi connectivity index (χ0v) is 14.9. The standard InChI is InChI=1S/C22H17NO4/c1-25-18-12-19(26-2)21-16(24)11-17(14-7-4-3-5-8-14)27-22(21)20(18)15-9-6-10-23-13-15/h3-13H,1-2H3. The van der Waals surface area contributed by atoms with Crippen molar-refractivity contribution in [2.75, 3.05) is 14.2 Å². The molecule has 0 fully saturated rings. The molecule has 0 amide bonds. The fourth-order valence-corrected chi connectivity index (χ4v) is 3.13. The average molecular weight is 359 g/mol. The summed E-state index contributed by atoms with van der Waals surface area (Å²) >= 11 is 0. The smallest absolute Gasteiger partial charge is 0.197 e. The maximum atomic E-state index is 12.9. The lowest BCUT2D eigenvalue weighted by Gasteiger charge is -2.15. The number of ether oxygens (including phenoxy) is 2. The van der Waals surface area contributed by atoms with Crippen LogP contribution in [0, 0.1) is 0 Å². The van der Waals surface area contributed by atoms with Crippen LogP contribution in [0.3, 0.4) is 0 Å². The molecule has 0 saturated heterocycles. The van der Waals surface area contributed by atoms with Crippen molar-refractivity contribution < 1.29 is 13.9 Å². The van der Waals surface area contributed by atoms with Crippen LogP contribution in [-0.2, 0) is 0 Å². The lowest BCUT2D eigenvalue weighted by molar-refractivity contribution is 0.397. The van der Waals surface area contributed by atoms with Crippen LogP contribution in [0.5, 0.6) is 11.5 Å². The molecule has 0 aliphatic rings. The van der Waals surface area contributed by atoms with E-state index in [9.17, 15) is 4.79 Å². The number of methoxy groups -OCH3 is 2. The van der Waals surface area contributed by atoms with Crippen LogP contribution in [0.2, 0.25) is 0 Å². The third-order valence-electron chi connectivity index (χ3n) is 4.38. The first-order valence-electron chi connectivity index (χ1n) is 8.41. The number of pyridine rings is 1. The Hall–Kier alpha value is -3.60. The maximum Gasteiger partial charge on any atom is 0.197 e. The fourth-order valence-electron chi connectivity index (χ4n) is 3.13. The van der Waals surface area contributed by atoms with Gasteiger partial charge in [-0.3, -0.25) is 9.78 Å². The summed E-state index contributed by atoms with van der Waals surface area (Å²) in [6.07, 6.45) is 3.40. The van der Waals surface area contributed by atoms with E-state index in [4.69, 9.17) is 13.9 Å². The molecule has 5 nitrogen and oxygen atoms in total. The molecule has 0 N–H and O–H groups in total. The molecule has 0 aliphatic heterocycles. The minimum Gasteiger partial charge on any atom is -0.496 e. The van der Waals surface area contributed by atoms with Crippen molar-refractivity contribution in [2.45, 2.75) is 0 Å². The second kappa shape index (κ2) is 6.96. The van der Waals surface area contributed by atoms with Crippen LogP contribution in [0.4, 0.5) is 0 Å². The van der Waals surface area contributed by atoms with Gasteiger partial charge in [-0.05, 0) is 6.07 Å². The van der Waals surface area contributed by atoms with Crippen LogP contribution < -0.4 is 14.9 Å². The first kappa shape index (κ1) is 16.8. The number of fused-ring (bicyclic) bond motifs is 1. The zero-order valence-electron chi connectivity index (χ0n) is 14.9. The van der Waals surface area contributed by atoms with E-state index in [1.807, 2.05) is 42.5 Å². The van der Waals surface area contributed by atoms with Crippen molar-refractivity contribution in [3.63, 3.8) is 0 Å². The topological polar surface area (TPSA) is 61.6 Å². The molecule has 0 saturated carbocycles. The molecule has 0 bridgehead atoms. The van der Waals surface area contributed by atoms with Crippen molar-refractivity contribution in [3.8, 4) is 33.9 Å². The van der Waals surface area contributed by atoms with Gasteiger partial charge in [0.15, 0.2) is 11.0 Å². The summed E-state index contributed by atoms with van der Waals surface area (Å²) in [6.45, 7) is 0. The monoisotopic (exact) mass is 359 g/mol. The van der Waals surface area contributed by atoms with E-state index in [-0.39, 0.29) is 5.43 Å². The molecule has 2 aromatic heterocycles. The molecular formula is C22H17NO4. The summed E-state index contributed by atoms with van der Waals surface area (Å²) in [5.41, 5.74) is 2.49. The number of benzene rings is 2. The van der Waals surface area contributed by atoms with Crippen LogP contribution in [0.1, 0.15) is 0 Å². The van der Waals surface area contributed by atoms with Gasteiger partial charge in [-0.15, -0.1) is 0 Å². The Balaban J connectivity index is 2.14. The van der Waals surface area contributed by atoms with E-state index in [1.54, 1.807) is 25.6 Å². The molecular weight excluding hydrogens is 342 g/mol. The van der Waals surface area contributed by atoms with Gasteiger partial charge in [0.2, 0.25) is 0 Å². The summed E-state index contributed by atoms with van der Waals surface area (Å²) in [5, 5.41) is 0.372. The normalized spacial score (nSPS) is 10.7. The molecule has 5 heteroatoms. The molecule has 0 spiro atoms. The van der Waals surface area contributed by atoms with E-state index in [0.29, 0.717) is 33.8 Å². The van der Waals surface area contributed by atoms with E-state index in [1.165, 1.54) is 13.2 Å². The van der Waals surface area contributed by atoms with Gasteiger partial charge in [0.1, 0.15) is 22.6 Å². The van der Waals surface area contributed by atoms with E-state index >= 15 is 0 Å². The lowest BCUT2D eigenvalue weighted by atomic mass is 10.0. The Kier molecular flexibility index (Phi) is 4.34. The Bertz CT molecular complexity index is 1150. The third kappa shape index (κ3) is 2.93. The highest BCUT2D eigenvalue weighted by Gasteiger charge is 2.21. The van der Waals surface area contributed by atoms with E-state index in [2.05, 4.69) is 4.98 Å². The fraction of sp³-hybridized carbons (Fsp3) is 0.0909. The summed E-state index contributed by atoms with van der Waals surface area (Å²) in [7, 11) is 3.09. The number of hydrogen-bond acceptors (Lipinski definition) is 5. The average Bonchev–Trinajstić information content (AvgIpc) is 2.73. The highest BCUT2D eigenvalue weighted by molar-refractivity contribution is 5.99. The SMILES string of the molecule is COc1cc(OC)c2c(=O)cc(-c3ccccc3)oc2c1-c1cccnc1. The highest BCUT2D eigenvalue weighted by Crippen LogP contribution is 2.41. The van der Waals surface area contributed by atoms with Crippen LogP contribution >= 0.6 is 0 Å². The molecule has 0 radical (unpaired) electrons. The number of aromatic nitrogens is 1. The second-order valence-electron chi connectivity index (χ2n) is 5.94. The summed E-state index contributed by atoms with van der Waals surface area (Å²) < 4.78 is 17.2. The summed E-state index contributed by atoms with van der Waals surface area (Å²) in [6, 6.07) is 16.4. The summed E-state index contributed by atoms with van der Waals surface area (Å²) in [5.74, 6) is 1.43. The van der Waals surface area contributed by atoms with Gasteiger partial charge < -0.3 is 13.9 Å². The van der Waals surface area contributed by atoms with Crippen molar-refractivity contribution in [1.82, 2.24) is 4.98 Å². The predicted octanol–water partition coefficient (Wildman–Crippen LogP) is 4.54. The van der Waals surface area contributed by atoms with E-state index in [0.717, 1.165) is 11.1 Å². The predicted molar refractivity (Wildman–Crippen MR) is 104 cm³/mol. The van der Waals surface area contributed by atoms with Gasteiger partial charge in [0, 0.05) is 35.7 Å².